The Morgan fingerprint density at radius 3 is 2.58 bits per heavy atom. The van der Waals surface area contributed by atoms with Gasteiger partial charge in [-0.05, 0) is 30.7 Å². The standard InChI is InChI=1S/C16H25N5O4S/c1-20-14(13(10-19-20)12-4-2-5-12)11-18-16(23)15(22)17-6-8-21-7-3-9-26(21,24)25/h10,12H,2-9,11H2,1H3,(H,17,22)(H,18,23). The van der Waals surface area contributed by atoms with Gasteiger partial charge in [-0.15, -0.1) is 0 Å². The van der Waals surface area contributed by atoms with E-state index in [1.165, 1.54) is 10.7 Å². The molecule has 0 atom stereocenters. The molecule has 3 rings (SSSR count). The van der Waals surface area contributed by atoms with Crippen LogP contribution in [0.3, 0.4) is 0 Å². The summed E-state index contributed by atoms with van der Waals surface area (Å²) in [6, 6.07) is 0. The summed E-state index contributed by atoms with van der Waals surface area (Å²) in [7, 11) is -1.37. The first-order valence-electron chi connectivity index (χ1n) is 8.93. The number of carbonyl (C=O) groups is 2. The third kappa shape index (κ3) is 4.07. The fourth-order valence-corrected chi connectivity index (χ4v) is 4.85. The van der Waals surface area contributed by atoms with Crippen LogP contribution in [0, 0.1) is 0 Å². The number of rotatable bonds is 6. The second-order valence-corrected chi connectivity index (χ2v) is 8.89. The lowest BCUT2D eigenvalue weighted by molar-refractivity contribution is -0.139. The molecule has 0 radical (unpaired) electrons. The summed E-state index contributed by atoms with van der Waals surface area (Å²) in [5.41, 5.74) is 2.05. The maximum Gasteiger partial charge on any atom is 0.309 e. The first kappa shape index (κ1) is 18.8. The van der Waals surface area contributed by atoms with Crippen LogP contribution in [0.2, 0.25) is 0 Å². The summed E-state index contributed by atoms with van der Waals surface area (Å²) in [6.07, 6.45) is 5.91. The molecular weight excluding hydrogens is 358 g/mol. The molecule has 2 N–H and O–H groups in total. The van der Waals surface area contributed by atoms with Crippen LogP contribution in [0.25, 0.3) is 0 Å². The topological polar surface area (TPSA) is 113 Å². The minimum absolute atomic E-state index is 0.116. The van der Waals surface area contributed by atoms with Gasteiger partial charge in [-0.2, -0.15) is 5.10 Å². The number of sulfonamides is 1. The van der Waals surface area contributed by atoms with E-state index in [1.807, 2.05) is 13.2 Å². The Hall–Kier alpha value is -1.94. The molecule has 1 aliphatic heterocycles. The van der Waals surface area contributed by atoms with Crippen molar-refractivity contribution >= 4 is 21.8 Å². The molecule has 1 saturated heterocycles. The number of carbonyl (C=O) groups excluding carboxylic acids is 2. The van der Waals surface area contributed by atoms with Crippen molar-refractivity contribution in [2.45, 2.75) is 38.1 Å². The van der Waals surface area contributed by atoms with Gasteiger partial charge in [0.2, 0.25) is 10.0 Å². The molecule has 2 heterocycles. The highest BCUT2D eigenvalue weighted by Crippen LogP contribution is 2.37. The highest BCUT2D eigenvalue weighted by atomic mass is 32.2. The molecule has 144 valence electrons. The first-order chi connectivity index (χ1) is 12.4. The van der Waals surface area contributed by atoms with Crippen molar-refractivity contribution in [3.8, 4) is 0 Å². The van der Waals surface area contributed by atoms with Gasteiger partial charge in [0.1, 0.15) is 0 Å². The van der Waals surface area contributed by atoms with Crippen LogP contribution in [0.1, 0.15) is 42.9 Å². The molecule has 2 aliphatic rings. The van der Waals surface area contributed by atoms with Gasteiger partial charge in [0.05, 0.1) is 24.2 Å². The Morgan fingerprint density at radius 1 is 1.23 bits per heavy atom. The first-order valence-corrected chi connectivity index (χ1v) is 10.5. The van der Waals surface area contributed by atoms with Crippen molar-refractivity contribution in [2.24, 2.45) is 7.05 Å². The second-order valence-electron chi connectivity index (χ2n) is 6.81. The Bertz CT molecular complexity index is 785. The van der Waals surface area contributed by atoms with Gasteiger partial charge in [-0.3, -0.25) is 14.3 Å². The van der Waals surface area contributed by atoms with Crippen LogP contribution in [0.15, 0.2) is 6.20 Å². The summed E-state index contributed by atoms with van der Waals surface area (Å²) in [6.45, 7) is 1.02. The monoisotopic (exact) mass is 383 g/mol. The van der Waals surface area contributed by atoms with Crippen LogP contribution in [-0.2, 0) is 33.2 Å². The zero-order valence-electron chi connectivity index (χ0n) is 14.9. The molecule has 2 amide bonds. The molecule has 2 fully saturated rings. The van der Waals surface area contributed by atoms with Crippen LogP contribution in [0.5, 0.6) is 0 Å². The Kier molecular flexibility index (Phi) is 5.61. The predicted octanol–water partition coefficient (Wildman–Crippen LogP) is -0.544. The van der Waals surface area contributed by atoms with E-state index in [9.17, 15) is 18.0 Å². The number of nitrogens with zero attached hydrogens (tertiary/aromatic N) is 3. The summed E-state index contributed by atoms with van der Waals surface area (Å²) in [4.78, 5) is 23.9. The molecule has 10 heteroatoms. The number of hydrogen-bond acceptors (Lipinski definition) is 5. The average Bonchev–Trinajstić information content (AvgIpc) is 3.06. The van der Waals surface area contributed by atoms with E-state index in [-0.39, 0.29) is 25.4 Å². The van der Waals surface area contributed by atoms with Crippen LogP contribution in [-0.4, -0.2) is 59.7 Å². The van der Waals surface area contributed by atoms with Crippen LogP contribution < -0.4 is 10.6 Å². The number of aryl methyl sites for hydroxylation is 1. The SMILES string of the molecule is Cn1ncc(C2CCC2)c1CNC(=O)C(=O)NCCN1CCCS1(=O)=O. The van der Waals surface area contributed by atoms with Crippen molar-refractivity contribution in [1.82, 2.24) is 24.7 Å². The normalized spacial score (nSPS) is 19.9. The summed E-state index contributed by atoms with van der Waals surface area (Å²) in [5.74, 6) is -0.842. The van der Waals surface area contributed by atoms with Gasteiger partial charge in [-0.1, -0.05) is 6.42 Å². The molecule has 1 saturated carbocycles. The molecule has 0 bridgehead atoms. The van der Waals surface area contributed by atoms with E-state index < -0.39 is 21.8 Å². The molecule has 9 nitrogen and oxygen atoms in total. The largest absolute Gasteiger partial charge is 0.347 e. The molecule has 1 aromatic rings. The van der Waals surface area contributed by atoms with E-state index >= 15 is 0 Å². The average molecular weight is 383 g/mol. The predicted molar refractivity (Wildman–Crippen MR) is 94.6 cm³/mol. The van der Waals surface area contributed by atoms with Crippen molar-refractivity contribution in [3.05, 3.63) is 17.5 Å². The van der Waals surface area contributed by atoms with Crippen molar-refractivity contribution in [2.75, 3.05) is 25.4 Å². The van der Waals surface area contributed by atoms with Crippen molar-refractivity contribution < 1.29 is 18.0 Å². The van der Waals surface area contributed by atoms with Gasteiger partial charge in [-0.25, -0.2) is 12.7 Å². The van der Waals surface area contributed by atoms with Gasteiger partial charge < -0.3 is 10.6 Å². The van der Waals surface area contributed by atoms with E-state index in [4.69, 9.17) is 0 Å². The number of amides is 2. The number of hydrogen-bond donors (Lipinski definition) is 2. The maximum atomic E-state index is 12.0. The molecule has 1 aromatic heterocycles. The fourth-order valence-electron chi connectivity index (χ4n) is 3.32. The highest BCUT2D eigenvalue weighted by Gasteiger charge is 2.28. The van der Waals surface area contributed by atoms with E-state index in [1.54, 1.807) is 4.68 Å². The summed E-state index contributed by atoms with van der Waals surface area (Å²) >= 11 is 0. The van der Waals surface area contributed by atoms with Gasteiger partial charge >= 0.3 is 11.8 Å². The molecule has 26 heavy (non-hydrogen) atoms. The minimum Gasteiger partial charge on any atom is -0.347 e. The molecule has 0 unspecified atom stereocenters. The zero-order chi connectivity index (χ0) is 18.7. The van der Waals surface area contributed by atoms with Crippen LogP contribution >= 0.6 is 0 Å². The Morgan fingerprint density at radius 2 is 1.96 bits per heavy atom. The fraction of sp³-hybridized carbons (Fsp3) is 0.688. The lowest BCUT2D eigenvalue weighted by atomic mass is 9.80. The van der Waals surface area contributed by atoms with E-state index in [2.05, 4.69) is 15.7 Å². The van der Waals surface area contributed by atoms with Gasteiger partial charge in [0.15, 0.2) is 0 Å². The molecule has 0 spiro atoms. The summed E-state index contributed by atoms with van der Waals surface area (Å²) in [5, 5.41) is 9.34. The third-order valence-corrected chi connectivity index (χ3v) is 7.07. The Balaban J connectivity index is 1.45. The minimum atomic E-state index is -3.19. The third-order valence-electron chi connectivity index (χ3n) is 5.11. The smallest absolute Gasteiger partial charge is 0.309 e. The second kappa shape index (κ2) is 7.75. The van der Waals surface area contributed by atoms with E-state index in [0.717, 1.165) is 24.1 Å². The van der Waals surface area contributed by atoms with E-state index in [0.29, 0.717) is 18.9 Å². The molecule has 0 aromatic carbocycles. The number of nitrogens with one attached hydrogen (secondary N) is 2. The lowest BCUT2D eigenvalue weighted by Gasteiger charge is -2.25. The van der Waals surface area contributed by atoms with Crippen molar-refractivity contribution in [1.29, 1.82) is 0 Å². The molecular formula is C16H25N5O4S. The maximum absolute atomic E-state index is 12.0. The quantitative estimate of drug-likeness (QED) is 0.640. The highest BCUT2D eigenvalue weighted by molar-refractivity contribution is 7.89. The molecule has 1 aliphatic carbocycles. The van der Waals surface area contributed by atoms with Crippen LogP contribution in [0.4, 0.5) is 0 Å². The van der Waals surface area contributed by atoms with Gasteiger partial charge in [0, 0.05) is 26.7 Å². The van der Waals surface area contributed by atoms with Crippen molar-refractivity contribution in [3.63, 3.8) is 0 Å². The number of aromatic nitrogens is 2. The Labute approximate surface area is 153 Å². The zero-order valence-corrected chi connectivity index (χ0v) is 15.7. The lowest BCUT2D eigenvalue weighted by Crippen LogP contribution is -2.43. The summed E-state index contributed by atoms with van der Waals surface area (Å²) < 4.78 is 26.4. The van der Waals surface area contributed by atoms with Gasteiger partial charge in [0.25, 0.3) is 0 Å².